The molecule has 3 heterocycles. The number of benzene rings is 1. The largest absolute Gasteiger partial charge is 0.340 e. The van der Waals surface area contributed by atoms with Crippen LogP contribution in [0.25, 0.3) is 11.2 Å². The van der Waals surface area contributed by atoms with Crippen LogP contribution in [-0.4, -0.2) is 44.9 Å². The smallest absolute Gasteiger partial charge is 0.332 e. The molecule has 30 heavy (non-hydrogen) atoms. The number of hydrogen-bond donors (Lipinski definition) is 1. The lowest BCUT2D eigenvalue weighted by molar-refractivity contribution is 0.572. The van der Waals surface area contributed by atoms with Gasteiger partial charge in [0.2, 0.25) is 5.95 Å². The minimum atomic E-state index is -0.412. The number of hydrogen-bond acceptors (Lipinski definition) is 5. The summed E-state index contributed by atoms with van der Waals surface area (Å²) in [5.41, 5.74) is 0.752. The van der Waals surface area contributed by atoms with Crippen molar-refractivity contribution in [1.82, 2.24) is 24.0 Å². The van der Waals surface area contributed by atoms with Crippen molar-refractivity contribution in [3.8, 4) is 11.8 Å². The van der Waals surface area contributed by atoms with Crippen LogP contribution in [0, 0.1) is 11.8 Å². The minimum absolute atomic E-state index is 0.135. The fourth-order valence-corrected chi connectivity index (χ4v) is 3.94. The van der Waals surface area contributed by atoms with E-state index in [1.165, 1.54) is 9.13 Å². The Labute approximate surface area is 178 Å². The number of aromatic nitrogens is 4. The second kappa shape index (κ2) is 8.38. The molecule has 1 saturated heterocycles. The second-order valence-corrected chi connectivity index (χ2v) is 7.63. The van der Waals surface area contributed by atoms with E-state index in [4.69, 9.17) is 16.6 Å². The average molecular weight is 427 g/mol. The molecule has 4 rings (SSSR count). The number of nitrogens with one attached hydrogen (secondary N) is 1. The Morgan fingerprint density at radius 2 is 1.97 bits per heavy atom. The third kappa shape index (κ3) is 3.62. The number of aryl methyl sites for hydroxylation is 1. The van der Waals surface area contributed by atoms with Gasteiger partial charge in [0.1, 0.15) is 0 Å². The van der Waals surface area contributed by atoms with Gasteiger partial charge in [-0.1, -0.05) is 29.7 Å². The lowest BCUT2D eigenvalue weighted by Crippen LogP contribution is -2.44. The summed E-state index contributed by atoms with van der Waals surface area (Å²) in [4.78, 5) is 33.3. The molecule has 0 aliphatic carbocycles. The SMILES string of the molecule is CC#CCn1c(N2CCNCC2)nc2c1c(=O)n(Cc1cccc(Cl)c1)c(=O)n2C. The topological polar surface area (TPSA) is 77.1 Å². The van der Waals surface area contributed by atoms with Crippen molar-refractivity contribution in [3.63, 3.8) is 0 Å². The first-order valence-electron chi connectivity index (χ1n) is 9.81. The molecule has 0 atom stereocenters. The van der Waals surface area contributed by atoms with Crippen molar-refractivity contribution >= 4 is 28.7 Å². The van der Waals surface area contributed by atoms with E-state index in [0.717, 1.165) is 31.7 Å². The molecule has 1 aliphatic rings. The molecule has 0 saturated carbocycles. The van der Waals surface area contributed by atoms with Crippen LogP contribution in [0.15, 0.2) is 33.9 Å². The summed E-state index contributed by atoms with van der Waals surface area (Å²) in [5, 5.41) is 3.87. The van der Waals surface area contributed by atoms with Gasteiger partial charge in [0.05, 0.1) is 13.1 Å². The Kier molecular flexibility index (Phi) is 5.66. The molecule has 1 fully saturated rings. The van der Waals surface area contributed by atoms with Gasteiger partial charge in [0, 0.05) is 38.2 Å². The summed E-state index contributed by atoms with van der Waals surface area (Å²) >= 11 is 6.08. The van der Waals surface area contributed by atoms with Crippen molar-refractivity contribution < 1.29 is 0 Å². The quantitative estimate of drug-likeness (QED) is 0.630. The summed E-state index contributed by atoms with van der Waals surface area (Å²) < 4.78 is 4.49. The lowest BCUT2D eigenvalue weighted by atomic mass is 10.2. The van der Waals surface area contributed by atoms with Crippen LogP contribution in [0.4, 0.5) is 5.95 Å². The number of piperazine rings is 1. The van der Waals surface area contributed by atoms with Gasteiger partial charge < -0.3 is 10.2 Å². The Morgan fingerprint density at radius 3 is 2.67 bits per heavy atom. The zero-order valence-corrected chi connectivity index (χ0v) is 17.7. The normalized spacial score (nSPS) is 14.0. The predicted molar refractivity (Wildman–Crippen MR) is 118 cm³/mol. The maximum absolute atomic E-state index is 13.4. The van der Waals surface area contributed by atoms with Gasteiger partial charge in [-0.15, -0.1) is 5.92 Å². The fraction of sp³-hybridized carbons (Fsp3) is 0.381. The molecule has 9 heteroatoms. The van der Waals surface area contributed by atoms with E-state index in [9.17, 15) is 9.59 Å². The number of halogens is 1. The van der Waals surface area contributed by atoms with Crippen LogP contribution in [-0.2, 0) is 20.1 Å². The molecular weight excluding hydrogens is 404 g/mol. The summed E-state index contributed by atoms with van der Waals surface area (Å²) in [5.74, 6) is 6.59. The third-order valence-electron chi connectivity index (χ3n) is 5.26. The lowest BCUT2D eigenvalue weighted by Gasteiger charge is -2.28. The maximum Gasteiger partial charge on any atom is 0.332 e. The van der Waals surface area contributed by atoms with E-state index in [2.05, 4.69) is 22.1 Å². The number of anilines is 1. The zero-order chi connectivity index (χ0) is 21.3. The molecule has 0 amide bonds. The number of imidazole rings is 1. The van der Waals surface area contributed by atoms with Gasteiger partial charge in [-0.05, 0) is 24.6 Å². The van der Waals surface area contributed by atoms with E-state index in [1.807, 2.05) is 10.6 Å². The van der Waals surface area contributed by atoms with E-state index >= 15 is 0 Å². The van der Waals surface area contributed by atoms with Gasteiger partial charge in [0.15, 0.2) is 11.2 Å². The van der Waals surface area contributed by atoms with Crippen LogP contribution in [0.3, 0.4) is 0 Å². The summed E-state index contributed by atoms with van der Waals surface area (Å²) in [6.45, 7) is 5.44. The molecular formula is C21H23ClN6O2. The van der Waals surface area contributed by atoms with Crippen LogP contribution in [0.1, 0.15) is 12.5 Å². The third-order valence-corrected chi connectivity index (χ3v) is 5.49. The van der Waals surface area contributed by atoms with Crippen molar-refractivity contribution in [1.29, 1.82) is 0 Å². The van der Waals surface area contributed by atoms with Crippen LogP contribution >= 0.6 is 11.6 Å². The molecule has 0 radical (unpaired) electrons. The molecule has 0 unspecified atom stereocenters. The number of rotatable bonds is 4. The molecule has 8 nitrogen and oxygen atoms in total. The van der Waals surface area contributed by atoms with Gasteiger partial charge in [-0.25, -0.2) is 4.79 Å². The highest BCUT2D eigenvalue weighted by Crippen LogP contribution is 2.20. The van der Waals surface area contributed by atoms with Crippen LogP contribution in [0.5, 0.6) is 0 Å². The monoisotopic (exact) mass is 426 g/mol. The Balaban J connectivity index is 1.93. The Bertz CT molecular complexity index is 1270. The Hall–Kier alpha value is -3.02. The van der Waals surface area contributed by atoms with Gasteiger partial charge in [0.25, 0.3) is 5.56 Å². The van der Waals surface area contributed by atoms with E-state index < -0.39 is 5.69 Å². The fourth-order valence-electron chi connectivity index (χ4n) is 3.73. The molecule has 0 bridgehead atoms. The van der Waals surface area contributed by atoms with E-state index in [1.54, 1.807) is 32.2 Å². The molecule has 1 aliphatic heterocycles. The van der Waals surface area contributed by atoms with Crippen molar-refractivity contribution in [3.05, 3.63) is 55.7 Å². The molecule has 3 aromatic rings. The highest BCUT2D eigenvalue weighted by Gasteiger charge is 2.24. The minimum Gasteiger partial charge on any atom is -0.340 e. The number of nitrogens with zero attached hydrogens (tertiary/aromatic N) is 5. The van der Waals surface area contributed by atoms with Crippen molar-refractivity contribution in [2.45, 2.75) is 20.0 Å². The summed E-state index contributed by atoms with van der Waals surface area (Å²) in [6.07, 6.45) is 0. The average Bonchev–Trinajstić information content (AvgIpc) is 3.14. The number of fused-ring (bicyclic) bond motifs is 1. The second-order valence-electron chi connectivity index (χ2n) is 7.20. The van der Waals surface area contributed by atoms with Gasteiger partial charge >= 0.3 is 5.69 Å². The predicted octanol–water partition coefficient (Wildman–Crippen LogP) is 1.03. The first-order chi connectivity index (χ1) is 14.5. The maximum atomic E-state index is 13.4. The molecule has 1 N–H and O–H groups in total. The molecule has 0 spiro atoms. The Morgan fingerprint density at radius 1 is 1.20 bits per heavy atom. The van der Waals surface area contributed by atoms with Gasteiger partial charge in [-0.2, -0.15) is 4.98 Å². The summed E-state index contributed by atoms with van der Waals surface area (Å²) in [7, 11) is 1.64. The highest BCUT2D eigenvalue weighted by molar-refractivity contribution is 6.30. The van der Waals surface area contributed by atoms with Crippen molar-refractivity contribution in [2.24, 2.45) is 7.05 Å². The molecule has 1 aromatic carbocycles. The zero-order valence-electron chi connectivity index (χ0n) is 17.0. The highest BCUT2D eigenvalue weighted by atomic mass is 35.5. The van der Waals surface area contributed by atoms with E-state index in [0.29, 0.717) is 28.7 Å². The van der Waals surface area contributed by atoms with Crippen molar-refractivity contribution in [2.75, 3.05) is 31.1 Å². The molecule has 2 aromatic heterocycles. The van der Waals surface area contributed by atoms with Crippen LogP contribution in [0.2, 0.25) is 5.02 Å². The van der Waals surface area contributed by atoms with Crippen LogP contribution < -0.4 is 21.5 Å². The standard InChI is InChI=1S/C21H23ClN6O2/c1-3-4-10-27-17-18(24-20(27)26-11-8-23-9-12-26)25(2)21(30)28(19(17)29)14-15-6-5-7-16(22)13-15/h5-7,13,23H,8-12,14H2,1-2H3. The first kappa shape index (κ1) is 20.3. The first-order valence-corrected chi connectivity index (χ1v) is 10.2. The van der Waals surface area contributed by atoms with E-state index in [-0.39, 0.29) is 12.1 Å². The molecule has 156 valence electrons. The summed E-state index contributed by atoms with van der Waals surface area (Å²) in [6, 6.07) is 7.15. The van der Waals surface area contributed by atoms with Gasteiger partial charge in [-0.3, -0.25) is 18.5 Å².